The van der Waals surface area contributed by atoms with Crippen LogP contribution in [0.1, 0.15) is 79.3 Å². The topological polar surface area (TPSA) is 54.4 Å². The van der Waals surface area contributed by atoms with Crippen molar-refractivity contribution in [2.45, 2.75) is 64.2 Å². The number of aryl methyl sites for hydroxylation is 1. The van der Waals surface area contributed by atoms with Crippen LogP contribution in [0, 0.1) is 0 Å². The van der Waals surface area contributed by atoms with Gasteiger partial charge in [0.05, 0.1) is 6.42 Å². The first-order chi connectivity index (χ1) is 10.1. The van der Waals surface area contributed by atoms with Crippen LogP contribution in [0.2, 0.25) is 0 Å². The minimum atomic E-state index is -0.919. The van der Waals surface area contributed by atoms with E-state index in [-0.39, 0.29) is 18.6 Å². The second-order valence-corrected chi connectivity index (χ2v) is 5.92. The largest absolute Gasteiger partial charge is 0.481 e. The average Bonchev–Trinajstić information content (AvgIpc) is 2.52. The van der Waals surface area contributed by atoms with Gasteiger partial charge in [0.25, 0.3) is 0 Å². The van der Waals surface area contributed by atoms with Crippen LogP contribution in [0.4, 0.5) is 0 Å². The molecule has 1 saturated carbocycles. The Morgan fingerprint density at radius 3 is 2.48 bits per heavy atom. The van der Waals surface area contributed by atoms with Gasteiger partial charge in [0.2, 0.25) is 0 Å². The Kier molecular flexibility index (Phi) is 5.54. The molecular formula is C18H24O3. The molecule has 0 amide bonds. The van der Waals surface area contributed by atoms with Crippen molar-refractivity contribution < 1.29 is 14.7 Å². The minimum Gasteiger partial charge on any atom is -0.481 e. The van der Waals surface area contributed by atoms with Crippen molar-refractivity contribution in [1.82, 2.24) is 0 Å². The normalized spacial score (nSPS) is 15.9. The van der Waals surface area contributed by atoms with Crippen molar-refractivity contribution in [1.29, 1.82) is 0 Å². The second kappa shape index (κ2) is 7.39. The highest BCUT2D eigenvalue weighted by molar-refractivity contribution is 5.97. The van der Waals surface area contributed by atoms with E-state index in [0.29, 0.717) is 11.5 Å². The molecule has 21 heavy (non-hydrogen) atoms. The van der Waals surface area contributed by atoms with E-state index in [9.17, 15) is 9.59 Å². The number of Topliss-reactive ketones (excluding diaryl/α,β-unsaturated/α-hetero) is 1. The summed E-state index contributed by atoms with van der Waals surface area (Å²) in [6, 6.07) is 5.96. The number of carbonyl (C=O) groups excluding carboxylic acids is 1. The third kappa shape index (κ3) is 4.16. The van der Waals surface area contributed by atoms with E-state index in [2.05, 4.69) is 13.0 Å². The Bertz CT molecular complexity index is 513. The van der Waals surface area contributed by atoms with Gasteiger partial charge in [-0.2, -0.15) is 0 Å². The summed E-state index contributed by atoms with van der Waals surface area (Å²) in [5.41, 5.74) is 3.31. The number of benzene rings is 1. The lowest BCUT2D eigenvalue weighted by Crippen LogP contribution is -2.09. The molecule has 0 bridgehead atoms. The lowest BCUT2D eigenvalue weighted by molar-refractivity contribution is -0.136. The van der Waals surface area contributed by atoms with Crippen molar-refractivity contribution >= 4 is 11.8 Å². The van der Waals surface area contributed by atoms with Crippen molar-refractivity contribution in [2.24, 2.45) is 0 Å². The highest BCUT2D eigenvalue weighted by Gasteiger charge is 2.19. The molecule has 1 aromatic carbocycles. The minimum absolute atomic E-state index is 0.0673. The predicted molar refractivity (Wildman–Crippen MR) is 82.8 cm³/mol. The zero-order valence-corrected chi connectivity index (χ0v) is 12.7. The number of carboxylic acid groups (broad SMARTS) is 1. The maximum absolute atomic E-state index is 12.0. The summed E-state index contributed by atoms with van der Waals surface area (Å²) in [5.74, 6) is -0.350. The number of carboxylic acids is 1. The quantitative estimate of drug-likeness (QED) is 0.792. The summed E-state index contributed by atoms with van der Waals surface area (Å²) in [6.45, 7) is 2.12. The van der Waals surface area contributed by atoms with Crippen molar-refractivity contribution in [3.8, 4) is 0 Å². The zero-order valence-electron chi connectivity index (χ0n) is 12.7. The fraction of sp³-hybridized carbons (Fsp3) is 0.556. The standard InChI is InChI=1S/C18H24O3/c1-2-13-12-15(17(19)10-11-18(20)21)8-9-16(13)14-6-4-3-5-7-14/h8-9,12,14H,2-7,10-11H2,1H3,(H,20,21). The van der Waals surface area contributed by atoms with Gasteiger partial charge in [0.1, 0.15) is 0 Å². The molecule has 1 aromatic rings. The van der Waals surface area contributed by atoms with Crippen LogP contribution < -0.4 is 0 Å². The molecule has 2 rings (SSSR count). The Hall–Kier alpha value is -1.64. The van der Waals surface area contributed by atoms with E-state index in [1.54, 1.807) is 0 Å². The van der Waals surface area contributed by atoms with Gasteiger partial charge in [-0.3, -0.25) is 9.59 Å². The molecule has 0 atom stereocenters. The first-order valence-electron chi connectivity index (χ1n) is 7.99. The summed E-state index contributed by atoms with van der Waals surface area (Å²) in [7, 11) is 0. The Morgan fingerprint density at radius 2 is 1.86 bits per heavy atom. The molecule has 0 unspecified atom stereocenters. The van der Waals surface area contributed by atoms with Gasteiger partial charge < -0.3 is 5.11 Å². The van der Waals surface area contributed by atoms with Crippen molar-refractivity contribution in [2.75, 3.05) is 0 Å². The van der Waals surface area contributed by atoms with E-state index < -0.39 is 5.97 Å². The number of aliphatic carboxylic acids is 1. The van der Waals surface area contributed by atoms with Gasteiger partial charge in [-0.25, -0.2) is 0 Å². The first-order valence-corrected chi connectivity index (χ1v) is 7.99. The van der Waals surface area contributed by atoms with Crippen LogP contribution in [0.15, 0.2) is 18.2 Å². The zero-order chi connectivity index (χ0) is 15.2. The van der Waals surface area contributed by atoms with Crippen LogP contribution >= 0.6 is 0 Å². The number of ketones is 1. The third-order valence-electron chi connectivity index (χ3n) is 4.46. The van der Waals surface area contributed by atoms with Gasteiger partial charge in [-0.05, 0) is 42.4 Å². The fourth-order valence-electron chi connectivity index (χ4n) is 3.26. The van der Waals surface area contributed by atoms with Crippen molar-refractivity contribution in [3.63, 3.8) is 0 Å². The van der Waals surface area contributed by atoms with E-state index in [1.165, 1.54) is 43.2 Å². The SMILES string of the molecule is CCc1cc(C(=O)CCC(=O)O)ccc1C1CCCCC1. The Labute approximate surface area is 126 Å². The van der Waals surface area contributed by atoms with E-state index in [1.807, 2.05) is 12.1 Å². The van der Waals surface area contributed by atoms with E-state index in [4.69, 9.17) is 5.11 Å². The Morgan fingerprint density at radius 1 is 1.14 bits per heavy atom. The van der Waals surface area contributed by atoms with Gasteiger partial charge in [0, 0.05) is 12.0 Å². The number of hydrogen-bond donors (Lipinski definition) is 1. The van der Waals surface area contributed by atoms with E-state index in [0.717, 1.165) is 6.42 Å². The molecule has 0 radical (unpaired) electrons. The summed E-state index contributed by atoms with van der Waals surface area (Å²) in [4.78, 5) is 22.6. The Balaban J connectivity index is 2.15. The first kappa shape index (κ1) is 15.7. The van der Waals surface area contributed by atoms with Crippen LogP contribution in [0.3, 0.4) is 0 Å². The molecule has 0 saturated heterocycles. The predicted octanol–water partition coefficient (Wildman–Crippen LogP) is 4.34. The average molecular weight is 288 g/mol. The third-order valence-corrected chi connectivity index (χ3v) is 4.46. The molecule has 0 aliphatic heterocycles. The molecule has 114 valence electrons. The summed E-state index contributed by atoms with van der Waals surface area (Å²) in [6.07, 6.45) is 7.35. The number of carbonyl (C=O) groups is 2. The highest BCUT2D eigenvalue weighted by atomic mass is 16.4. The van der Waals surface area contributed by atoms with Gasteiger partial charge >= 0.3 is 5.97 Å². The van der Waals surface area contributed by atoms with E-state index >= 15 is 0 Å². The molecule has 3 nitrogen and oxygen atoms in total. The maximum Gasteiger partial charge on any atom is 0.303 e. The molecule has 1 aliphatic rings. The van der Waals surface area contributed by atoms with Crippen LogP contribution in [-0.4, -0.2) is 16.9 Å². The van der Waals surface area contributed by atoms with Gasteiger partial charge in [-0.1, -0.05) is 38.3 Å². The molecule has 1 fully saturated rings. The fourth-order valence-corrected chi connectivity index (χ4v) is 3.26. The number of rotatable bonds is 6. The molecule has 0 aromatic heterocycles. The lowest BCUT2D eigenvalue weighted by Gasteiger charge is -2.24. The lowest BCUT2D eigenvalue weighted by atomic mass is 9.81. The molecule has 3 heteroatoms. The summed E-state index contributed by atoms with van der Waals surface area (Å²) >= 11 is 0. The van der Waals surface area contributed by atoms with Crippen molar-refractivity contribution in [3.05, 3.63) is 34.9 Å². The number of hydrogen-bond acceptors (Lipinski definition) is 2. The van der Waals surface area contributed by atoms with Gasteiger partial charge in [-0.15, -0.1) is 0 Å². The van der Waals surface area contributed by atoms with Crippen LogP contribution in [0.5, 0.6) is 0 Å². The summed E-state index contributed by atoms with van der Waals surface area (Å²) < 4.78 is 0. The summed E-state index contributed by atoms with van der Waals surface area (Å²) in [5, 5.41) is 8.67. The molecular weight excluding hydrogens is 264 g/mol. The molecule has 0 spiro atoms. The van der Waals surface area contributed by atoms with Crippen LogP contribution in [0.25, 0.3) is 0 Å². The molecule has 1 N–H and O–H groups in total. The maximum atomic E-state index is 12.0. The molecule has 1 aliphatic carbocycles. The smallest absolute Gasteiger partial charge is 0.303 e. The second-order valence-electron chi connectivity index (χ2n) is 5.92. The monoisotopic (exact) mass is 288 g/mol. The highest BCUT2D eigenvalue weighted by Crippen LogP contribution is 2.35. The molecule has 0 heterocycles. The van der Waals surface area contributed by atoms with Crippen LogP contribution in [-0.2, 0) is 11.2 Å². The van der Waals surface area contributed by atoms with Gasteiger partial charge in [0.15, 0.2) is 5.78 Å².